The van der Waals surface area contributed by atoms with E-state index in [1.165, 1.54) is 6.07 Å². The number of phenols is 1. The first-order valence-corrected chi connectivity index (χ1v) is 6.99. The van der Waals surface area contributed by atoms with E-state index in [2.05, 4.69) is 5.32 Å². The molecule has 4 nitrogen and oxygen atoms in total. The number of benzene rings is 1. The van der Waals surface area contributed by atoms with Crippen molar-refractivity contribution in [2.24, 2.45) is 0 Å². The molecule has 1 saturated heterocycles. The van der Waals surface area contributed by atoms with Crippen molar-refractivity contribution in [3.05, 3.63) is 27.7 Å². The molecule has 0 atom stereocenters. The van der Waals surface area contributed by atoms with Crippen molar-refractivity contribution < 1.29 is 9.90 Å². The van der Waals surface area contributed by atoms with E-state index >= 15 is 0 Å². The van der Waals surface area contributed by atoms with Gasteiger partial charge in [0.25, 0.3) is 0 Å². The third-order valence-corrected chi connectivity index (χ3v) is 3.66. The first kappa shape index (κ1) is 14.4. The lowest BCUT2D eigenvalue weighted by atomic mass is 10.2. The van der Waals surface area contributed by atoms with E-state index < -0.39 is 0 Å². The van der Waals surface area contributed by atoms with Crippen LogP contribution in [0.5, 0.6) is 5.75 Å². The third-order valence-electron chi connectivity index (χ3n) is 3.16. The summed E-state index contributed by atoms with van der Waals surface area (Å²) in [7, 11) is 0. The largest absolute Gasteiger partial charge is 0.506 e. The number of phenolic OH excluding ortho intramolecular Hbond substituents is 1. The van der Waals surface area contributed by atoms with Gasteiger partial charge in [0.1, 0.15) is 5.75 Å². The molecule has 1 fully saturated rings. The van der Waals surface area contributed by atoms with Crippen LogP contribution in [0.2, 0.25) is 10.0 Å². The Labute approximate surface area is 122 Å². The van der Waals surface area contributed by atoms with Crippen molar-refractivity contribution in [1.29, 1.82) is 0 Å². The van der Waals surface area contributed by atoms with Crippen LogP contribution in [0.3, 0.4) is 0 Å². The Balaban J connectivity index is 1.87. The Hall–Kier alpha value is -0.970. The highest BCUT2D eigenvalue weighted by atomic mass is 35.5. The van der Waals surface area contributed by atoms with Gasteiger partial charge in [0.2, 0.25) is 5.91 Å². The molecule has 2 N–H and O–H groups in total. The predicted octanol–water partition coefficient (Wildman–Crippen LogP) is 2.41. The summed E-state index contributed by atoms with van der Waals surface area (Å²) in [6.45, 7) is 2.29. The summed E-state index contributed by atoms with van der Waals surface area (Å²) in [6.07, 6.45) is 2.16. The minimum atomic E-state index is 0.00666. The van der Waals surface area contributed by atoms with Crippen LogP contribution in [0, 0.1) is 0 Å². The number of amides is 1. The Morgan fingerprint density at radius 1 is 1.32 bits per heavy atom. The van der Waals surface area contributed by atoms with E-state index in [4.69, 9.17) is 23.2 Å². The van der Waals surface area contributed by atoms with Crippen molar-refractivity contribution in [3.63, 3.8) is 0 Å². The smallest absolute Gasteiger partial charge is 0.236 e. The SMILES string of the molecule is O=C(CNCc1cc(Cl)cc(Cl)c1O)N1CCCC1. The second-order valence-electron chi connectivity index (χ2n) is 4.59. The standard InChI is InChI=1S/C13H16Cl2N2O2/c14-10-5-9(13(19)11(15)6-10)7-16-8-12(18)17-3-1-2-4-17/h5-6,16,19H,1-4,7-8H2. The van der Waals surface area contributed by atoms with Crippen molar-refractivity contribution in [3.8, 4) is 5.75 Å². The second-order valence-corrected chi connectivity index (χ2v) is 5.43. The fourth-order valence-corrected chi connectivity index (χ4v) is 2.67. The topological polar surface area (TPSA) is 52.6 Å². The maximum atomic E-state index is 11.8. The second kappa shape index (κ2) is 6.46. The quantitative estimate of drug-likeness (QED) is 0.898. The first-order valence-electron chi connectivity index (χ1n) is 6.23. The number of carbonyl (C=O) groups is 1. The van der Waals surface area contributed by atoms with Crippen LogP contribution in [0.15, 0.2) is 12.1 Å². The number of carbonyl (C=O) groups excluding carboxylic acids is 1. The minimum Gasteiger partial charge on any atom is -0.506 e. The number of aromatic hydroxyl groups is 1. The number of nitrogens with one attached hydrogen (secondary N) is 1. The van der Waals surface area contributed by atoms with Crippen molar-refractivity contribution >= 4 is 29.1 Å². The molecule has 1 heterocycles. The van der Waals surface area contributed by atoms with E-state index in [1.807, 2.05) is 4.90 Å². The molecule has 19 heavy (non-hydrogen) atoms. The molecule has 1 amide bonds. The van der Waals surface area contributed by atoms with E-state index in [1.54, 1.807) is 6.07 Å². The number of likely N-dealkylation sites (tertiary alicyclic amines) is 1. The van der Waals surface area contributed by atoms with E-state index in [0.717, 1.165) is 25.9 Å². The molecule has 1 aliphatic rings. The highest BCUT2D eigenvalue weighted by molar-refractivity contribution is 6.35. The molecule has 1 aliphatic heterocycles. The summed E-state index contributed by atoms with van der Waals surface area (Å²) in [5.74, 6) is 0.0947. The maximum absolute atomic E-state index is 11.8. The van der Waals surface area contributed by atoms with Gasteiger partial charge in [0.05, 0.1) is 11.6 Å². The summed E-state index contributed by atoms with van der Waals surface area (Å²) in [5, 5.41) is 13.5. The number of hydrogen-bond donors (Lipinski definition) is 2. The lowest BCUT2D eigenvalue weighted by molar-refractivity contribution is -0.129. The fraction of sp³-hybridized carbons (Fsp3) is 0.462. The van der Waals surface area contributed by atoms with Crippen LogP contribution in [-0.2, 0) is 11.3 Å². The molecule has 0 unspecified atom stereocenters. The Bertz CT molecular complexity index is 474. The van der Waals surface area contributed by atoms with Crippen molar-refractivity contribution in [1.82, 2.24) is 10.2 Å². The number of nitrogens with zero attached hydrogens (tertiary/aromatic N) is 1. The average Bonchev–Trinajstić information content (AvgIpc) is 2.88. The van der Waals surface area contributed by atoms with E-state index in [-0.39, 0.29) is 23.2 Å². The van der Waals surface area contributed by atoms with Crippen molar-refractivity contribution in [2.45, 2.75) is 19.4 Å². The molecule has 0 bridgehead atoms. The normalized spacial score (nSPS) is 14.9. The Kier molecular flexibility index (Phi) is 4.91. The van der Waals surface area contributed by atoms with E-state index in [9.17, 15) is 9.90 Å². The average molecular weight is 303 g/mol. The number of hydrogen-bond acceptors (Lipinski definition) is 3. The Morgan fingerprint density at radius 3 is 2.68 bits per heavy atom. The van der Waals surface area contributed by atoms with Crippen LogP contribution in [0.25, 0.3) is 0 Å². The maximum Gasteiger partial charge on any atom is 0.236 e. The number of rotatable bonds is 4. The van der Waals surface area contributed by atoms with Crippen LogP contribution in [-0.4, -0.2) is 35.5 Å². The molecule has 104 valence electrons. The minimum absolute atomic E-state index is 0.00666. The lowest BCUT2D eigenvalue weighted by Gasteiger charge is -2.15. The van der Waals surface area contributed by atoms with Gasteiger partial charge in [-0.2, -0.15) is 0 Å². The van der Waals surface area contributed by atoms with Gasteiger partial charge in [0, 0.05) is 30.2 Å². The molecule has 6 heteroatoms. The molecular formula is C13H16Cl2N2O2. The molecule has 0 aromatic heterocycles. The highest BCUT2D eigenvalue weighted by Crippen LogP contribution is 2.30. The molecule has 0 saturated carbocycles. The molecule has 1 aromatic carbocycles. The molecule has 1 aromatic rings. The zero-order valence-corrected chi connectivity index (χ0v) is 12.0. The monoisotopic (exact) mass is 302 g/mol. The predicted molar refractivity (Wildman–Crippen MR) is 75.6 cm³/mol. The zero-order valence-electron chi connectivity index (χ0n) is 10.5. The van der Waals surface area contributed by atoms with Crippen molar-refractivity contribution in [2.75, 3.05) is 19.6 Å². The van der Waals surface area contributed by atoms with Gasteiger partial charge in [-0.3, -0.25) is 4.79 Å². The summed E-state index contributed by atoms with van der Waals surface area (Å²) in [6, 6.07) is 3.12. The van der Waals surface area contributed by atoms with Gasteiger partial charge in [-0.05, 0) is 25.0 Å². The van der Waals surface area contributed by atoms with Gasteiger partial charge in [-0.1, -0.05) is 23.2 Å². The lowest BCUT2D eigenvalue weighted by Crippen LogP contribution is -2.35. The van der Waals surface area contributed by atoms with Gasteiger partial charge < -0.3 is 15.3 Å². The van der Waals surface area contributed by atoms with Gasteiger partial charge in [0.15, 0.2) is 0 Å². The van der Waals surface area contributed by atoms with Gasteiger partial charge in [-0.15, -0.1) is 0 Å². The number of halogens is 2. The van der Waals surface area contributed by atoms with Crippen LogP contribution in [0.4, 0.5) is 0 Å². The van der Waals surface area contributed by atoms with Crippen LogP contribution < -0.4 is 5.32 Å². The van der Waals surface area contributed by atoms with E-state index in [0.29, 0.717) is 17.1 Å². The van der Waals surface area contributed by atoms with Gasteiger partial charge >= 0.3 is 0 Å². The molecule has 0 spiro atoms. The molecule has 0 radical (unpaired) electrons. The summed E-state index contributed by atoms with van der Waals surface area (Å²) in [5.41, 5.74) is 0.590. The third kappa shape index (κ3) is 3.75. The van der Waals surface area contributed by atoms with Gasteiger partial charge in [-0.25, -0.2) is 0 Å². The molecule has 0 aliphatic carbocycles. The van der Waals surface area contributed by atoms with Crippen LogP contribution in [0.1, 0.15) is 18.4 Å². The Morgan fingerprint density at radius 2 is 2.00 bits per heavy atom. The highest BCUT2D eigenvalue weighted by Gasteiger charge is 2.17. The fourth-order valence-electron chi connectivity index (χ4n) is 2.14. The molecule has 2 rings (SSSR count). The summed E-state index contributed by atoms with van der Waals surface area (Å²) >= 11 is 11.7. The summed E-state index contributed by atoms with van der Waals surface area (Å²) < 4.78 is 0. The first-order chi connectivity index (χ1) is 9.08. The van der Waals surface area contributed by atoms with Crippen LogP contribution >= 0.6 is 23.2 Å². The summed E-state index contributed by atoms with van der Waals surface area (Å²) in [4.78, 5) is 13.6. The molecular weight excluding hydrogens is 287 g/mol. The zero-order chi connectivity index (χ0) is 13.8.